The molecule has 2 nitrogen and oxygen atoms in total. The number of fused-ring (bicyclic) bond motifs is 2. The van der Waals surface area contributed by atoms with Crippen LogP contribution in [0, 0.1) is 5.92 Å². The van der Waals surface area contributed by atoms with Crippen LogP contribution in [0.2, 0.25) is 0 Å². The predicted molar refractivity (Wildman–Crippen MR) is 64.4 cm³/mol. The number of hydrogen-bond acceptors (Lipinski definition) is 2. The molecule has 1 aliphatic carbocycles. The van der Waals surface area contributed by atoms with Gasteiger partial charge in [-0.1, -0.05) is 24.3 Å². The van der Waals surface area contributed by atoms with Gasteiger partial charge in [0, 0.05) is 12.8 Å². The van der Waals surface area contributed by atoms with Crippen molar-refractivity contribution in [1.82, 2.24) is 0 Å². The van der Waals surface area contributed by atoms with Gasteiger partial charge in [-0.05, 0) is 42.7 Å². The van der Waals surface area contributed by atoms with Crippen molar-refractivity contribution in [1.29, 1.82) is 0 Å². The summed E-state index contributed by atoms with van der Waals surface area (Å²) in [6.45, 7) is 0. The van der Waals surface area contributed by atoms with Crippen LogP contribution in [-0.4, -0.2) is 10.9 Å². The van der Waals surface area contributed by atoms with Crippen LogP contribution in [0.15, 0.2) is 24.3 Å². The fourth-order valence-electron chi connectivity index (χ4n) is 4.26. The van der Waals surface area contributed by atoms with Gasteiger partial charge in [0.05, 0.1) is 5.60 Å². The Bertz CT molecular complexity index is 470. The molecule has 2 aliphatic heterocycles. The summed E-state index contributed by atoms with van der Waals surface area (Å²) in [5.41, 5.74) is 2.58. The number of aryl methyl sites for hydroxylation is 1. The summed E-state index contributed by atoms with van der Waals surface area (Å²) < 4.78 is 6.20. The summed E-state index contributed by atoms with van der Waals surface area (Å²) in [4.78, 5) is 0. The van der Waals surface area contributed by atoms with E-state index in [0.29, 0.717) is 5.92 Å². The molecule has 1 aromatic carbocycles. The van der Waals surface area contributed by atoms with Crippen LogP contribution in [0.3, 0.4) is 0 Å². The lowest BCUT2D eigenvalue weighted by Crippen LogP contribution is -2.32. The second-order valence-corrected chi connectivity index (χ2v) is 5.89. The van der Waals surface area contributed by atoms with E-state index in [1.54, 1.807) is 0 Å². The lowest BCUT2D eigenvalue weighted by atomic mass is 9.78. The second-order valence-electron chi connectivity index (χ2n) is 5.89. The second kappa shape index (κ2) is 3.12. The van der Waals surface area contributed by atoms with E-state index in [-0.39, 0.29) is 5.60 Å². The Labute approximate surface area is 102 Å². The van der Waals surface area contributed by atoms with Crippen LogP contribution in [0.1, 0.15) is 43.2 Å². The molecular formula is C15H18O2. The molecule has 0 unspecified atom stereocenters. The standard InChI is InChI=1S/C15H18O2/c16-14-9-7-11-4-1-2-6-13(11)15(17-14)8-3-5-12(15)10-14/h1-2,4,6,12,16H,3,5,7-10H2/t12-,14-,15-/m0/s1. The molecule has 1 spiro atoms. The first kappa shape index (κ1) is 10.1. The van der Waals surface area contributed by atoms with Crippen LogP contribution in [-0.2, 0) is 16.8 Å². The quantitative estimate of drug-likeness (QED) is 0.742. The van der Waals surface area contributed by atoms with Gasteiger partial charge in [-0.15, -0.1) is 0 Å². The third kappa shape index (κ3) is 1.23. The van der Waals surface area contributed by atoms with Crippen molar-refractivity contribution in [2.24, 2.45) is 5.92 Å². The maximum Gasteiger partial charge on any atom is 0.167 e. The van der Waals surface area contributed by atoms with Crippen LogP contribution in [0.25, 0.3) is 0 Å². The Hall–Kier alpha value is -0.860. The molecule has 1 saturated carbocycles. The zero-order valence-corrected chi connectivity index (χ0v) is 9.98. The molecule has 0 amide bonds. The molecule has 3 aliphatic rings. The molecule has 0 radical (unpaired) electrons. The van der Waals surface area contributed by atoms with E-state index in [0.717, 1.165) is 25.7 Å². The van der Waals surface area contributed by atoms with Crippen LogP contribution < -0.4 is 0 Å². The van der Waals surface area contributed by atoms with Gasteiger partial charge in [-0.3, -0.25) is 0 Å². The molecule has 17 heavy (non-hydrogen) atoms. The van der Waals surface area contributed by atoms with Crippen molar-refractivity contribution in [2.45, 2.75) is 49.9 Å². The molecule has 90 valence electrons. The Morgan fingerprint density at radius 2 is 2.12 bits per heavy atom. The van der Waals surface area contributed by atoms with Gasteiger partial charge in [-0.2, -0.15) is 0 Å². The monoisotopic (exact) mass is 230 g/mol. The predicted octanol–water partition coefficient (Wildman–Crippen LogP) is 2.74. The van der Waals surface area contributed by atoms with Gasteiger partial charge < -0.3 is 9.84 Å². The molecule has 1 N–H and O–H groups in total. The molecule has 1 aromatic rings. The van der Waals surface area contributed by atoms with E-state index in [4.69, 9.17) is 4.74 Å². The first-order chi connectivity index (χ1) is 8.22. The van der Waals surface area contributed by atoms with Crippen molar-refractivity contribution < 1.29 is 9.84 Å². The number of benzene rings is 1. The Balaban J connectivity index is 1.94. The lowest BCUT2D eigenvalue weighted by Gasteiger charge is -2.31. The van der Waals surface area contributed by atoms with E-state index in [1.165, 1.54) is 24.0 Å². The first-order valence-corrected chi connectivity index (χ1v) is 6.73. The smallest absolute Gasteiger partial charge is 0.167 e. The van der Waals surface area contributed by atoms with Crippen molar-refractivity contribution in [3.63, 3.8) is 0 Å². The fraction of sp³-hybridized carbons (Fsp3) is 0.600. The number of aliphatic hydroxyl groups is 1. The van der Waals surface area contributed by atoms with Crippen molar-refractivity contribution in [3.8, 4) is 0 Å². The first-order valence-electron chi connectivity index (χ1n) is 6.73. The van der Waals surface area contributed by atoms with Crippen LogP contribution in [0.4, 0.5) is 0 Å². The van der Waals surface area contributed by atoms with Gasteiger partial charge in [0.25, 0.3) is 0 Å². The summed E-state index contributed by atoms with van der Waals surface area (Å²) in [7, 11) is 0. The van der Waals surface area contributed by atoms with Crippen molar-refractivity contribution >= 4 is 0 Å². The third-order valence-electron chi connectivity index (χ3n) is 4.96. The summed E-state index contributed by atoms with van der Waals surface area (Å²) in [5, 5.41) is 10.6. The van der Waals surface area contributed by atoms with Gasteiger partial charge >= 0.3 is 0 Å². The molecule has 1 saturated heterocycles. The highest BCUT2D eigenvalue weighted by atomic mass is 16.6. The zero-order valence-electron chi connectivity index (χ0n) is 9.98. The molecule has 2 fully saturated rings. The average Bonchev–Trinajstić information content (AvgIpc) is 2.76. The molecule has 2 heterocycles. The highest BCUT2D eigenvalue weighted by molar-refractivity contribution is 5.37. The topological polar surface area (TPSA) is 29.5 Å². The lowest BCUT2D eigenvalue weighted by molar-refractivity contribution is -0.227. The zero-order chi connectivity index (χ0) is 11.5. The Morgan fingerprint density at radius 1 is 1.24 bits per heavy atom. The number of rotatable bonds is 0. The fourth-order valence-corrected chi connectivity index (χ4v) is 4.26. The van der Waals surface area contributed by atoms with Crippen molar-refractivity contribution in [2.75, 3.05) is 0 Å². The molecule has 2 bridgehead atoms. The minimum absolute atomic E-state index is 0.165. The Morgan fingerprint density at radius 3 is 3.06 bits per heavy atom. The van der Waals surface area contributed by atoms with E-state index >= 15 is 0 Å². The van der Waals surface area contributed by atoms with E-state index < -0.39 is 5.79 Å². The normalized spacial score (nSPS) is 43.0. The number of hydrogen-bond donors (Lipinski definition) is 1. The van der Waals surface area contributed by atoms with Crippen molar-refractivity contribution in [3.05, 3.63) is 35.4 Å². The third-order valence-corrected chi connectivity index (χ3v) is 4.96. The molecule has 0 aromatic heterocycles. The SMILES string of the molecule is O[C@]12CCc3ccccc3[C@@]3(CCC[C@H]3C1)O2. The Kier molecular flexibility index (Phi) is 1.85. The van der Waals surface area contributed by atoms with Gasteiger partial charge in [0.15, 0.2) is 5.79 Å². The molecule has 3 atom stereocenters. The maximum atomic E-state index is 10.6. The summed E-state index contributed by atoms with van der Waals surface area (Å²) in [6, 6.07) is 8.62. The minimum Gasteiger partial charge on any atom is -0.365 e. The van der Waals surface area contributed by atoms with E-state index in [9.17, 15) is 5.11 Å². The van der Waals surface area contributed by atoms with Gasteiger partial charge in [0.1, 0.15) is 0 Å². The highest BCUT2D eigenvalue weighted by Gasteiger charge is 2.59. The van der Waals surface area contributed by atoms with E-state index in [2.05, 4.69) is 24.3 Å². The molecule has 2 heteroatoms. The van der Waals surface area contributed by atoms with E-state index in [1.807, 2.05) is 0 Å². The van der Waals surface area contributed by atoms with Gasteiger partial charge in [0.2, 0.25) is 0 Å². The largest absolute Gasteiger partial charge is 0.365 e. The van der Waals surface area contributed by atoms with Crippen LogP contribution >= 0.6 is 0 Å². The highest BCUT2D eigenvalue weighted by Crippen LogP contribution is 2.59. The maximum absolute atomic E-state index is 10.6. The van der Waals surface area contributed by atoms with Gasteiger partial charge in [-0.25, -0.2) is 0 Å². The summed E-state index contributed by atoms with van der Waals surface area (Å²) in [5.74, 6) is -0.335. The molecular weight excluding hydrogens is 212 g/mol. The minimum atomic E-state index is -0.857. The average molecular weight is 230 g/mol. The summed E-state index contributed by atoms with van der Waals surface area (Å²) >= 11 is 0. The molecule has 4 rings (SSSR count). The summed E-state index contributed by atoms with van der Waals surface area (Å²) in [6.07, 6.45) is 6.05. The van der Waals surface area contributed by atoms with Crippen LogP contribution in [0.5, 0.6) is 0 Å². The number of ether oxygens (including phenoxy) is 1.